The van der Waals surface area contributed by atoms with Crippen LogP contribution in [0.15, 0.2) is 24.5 Å². The zero-order chi connectivity index (χ0) is 19.0. The maximum Gasteiger partial charge on any atom is 0.243 e. The third-order valence-corrected chi connectivity index (χ3v) is 6.95. The summed E-state index contributed by atoms with van der Waals surface area (Å²) >= 11 is 0. The lowest BCUT2D eigenvalue weighted by atomic mass is 9.49. The molecule has 1 atom stereocenters. The maximum atomic E-state index is 13.3. The van der Waals surface area contributed by atoms with E-state index in [1.807, 2.05) is 26.0 Å². The predicted octanol–water partition coefficient (Wildman–Crippen LogP) is 3.06. The number of nitrogens with zero attached hydrogens (tertiary/aromatic N) is 1. The highest BCUT2D eigenvalue weighted by atomic mass is 16.2. The Hall–Kier alpha value is -1.91. The van der Waals surface area contributed by atoms with Gasteiger partial charge >= 0.3 is 0 Å². The van der Waals surface area contributed by atoms with E-state index < -0.39 is 6.04 Å². The summed E-state index contributed by atoms with van der Waals surface area (Å²) in [5.41, 5.74) is 0.742. The lowest BCUT2D eigenvalue weighted by Crippen LogP contribution is -2.58. The van der Waals surface area contributed by atoms with E-state index in [-0.39, 0.29) is 23.1 Å². The van der Waals surface area contributed by atoms with Crippen LogP contribution in [-0.4, -0.2) is 22.8 Å². The first-order chi connectivity index (χ1) is 12.9. The highest BCUT2D eigenvalue weighted by Gasteiger charge is 2.55. The number of pyridine rings is 1. The Morgan fingerprint density at radius 1 is 1.15 bits per heavy atom. The van der Waals surface area contributed by atoms with Crippen molar-refractivity contribution in [3.05, 3.63) is 30.1 Å². The minimum absolute atomic E-state index is 0.0526. The first kappa shape index (κ1) is 18.5. The summed E-state index contributed by atoms with van der Waals surface area (Å²) in [5.74, 6) is 2.23. The van der Waals surface area contributed by atoms with Crippen molar-refractivity contribution in [3.63, 3.8) is 0 Å². The Morgan fingerprint density at radius 3 is 2.30 bits per heavy atom. The molecule has 0 saturated heterocycles. The van der Waals surface area contributed by atoms with Crippen molar-refractivity contribution in [2.45, 2.75) is 65.0 Å². The third-order valence-electron chi connectivity index (χ3n) is 6.95. The van der Waals surface area contributed by atoms with E-state index in [1.54, 1.807) is 12.4 Å². The third kappa shape index (κ3) is 3.74. The van der Waals surface area contributed by atoms with Crippen LogP contribution in [0.3, 0.4) is 0 Å². The number of carbonyl (C=O) groups is 2. The SMILES string of the molecule is CC(C)[C@@H](NC(=O)C12CC3CC(CC(C3)C1)C2)C(=O)NCc1cccnc1. The Morgan fingerprint density at radius 2 is 1.78 bits per heavy atom. The topological polar surface area (TPSA) is 71.1 Å². The molecule has 2 N–H and O–H groups in total. The molecule has 0 spiro atoms. The molecule has 2 amide bonds. The summed E-state index contributed by atoms with van der Waals surface area (Å²) in [6, 6.07) is 3.31. The number of rotatable bonds is 6. The quantitative estimate of drug-likeness (QED) is 0.810. The Balaban J connectivity index is 1.40. The Labute approximate surface area is 161 Å². The van der Waals surface area contributed by atoms with E-state index in [4.69, 9.17) is 0 Å². The molecule has 5 nitrogen and oxygen atoms in total. The fourth-order valence-corrected chi connectivity index (χ4v) is 6.02. The number of nitrogens with one attached hydrogen (secondary N) is 2. The summed E-state index contributed by atoms with van der Waals surface area (Å²) in [6.07, 6.45) is 10.5. The van der Waals surface area contributed by atoms with Crippen molar-refractivity contribution in [3.8, 4) is 0 Å². The summed E-state index contributed by atoms with van der Waals surface area (Å²) in [7, 11) is 0. The molecule has 4 bridgehead atoms. The highest BCUT2D eigenvalue weighted by Crippen LogP contribution is 2.60. The number of hydrogen-bond donors (Lipinski definition) is 2. The highest BCUT2D eigenvalue weighted by molar-refractivity contribution is 5.90. The van der Waals surface area contributed by atoms with Crippen LogP contribution in [0.2, 0.25) is 0 Å². The second-order valence-corrected chi connectivity index (χ2v) is 9.47. The van der Waals surface area contributed by atoms with Gasteiger partial charge in [-0.1, -0.05) is 19.9 Å². The van der Waals surface area contributed by atoms with Crippen LogP contribution in [0, 0.1) is 29.1 Å². The normalized spacial score (nSPS) is 32.3. The van der Waals surface area contributed by atoms with Crippen molar-refractivity contribution in [1.82, 2.24) is 15.6 Å². The van der Waals surface area contributed by atoms with Gasteiger partial charge in [0.2, 0.25) is 11.8 Å². The number of aromatic nitrogens is 1. The maximum absolute atomic E-state index is 13.3. The molecule has 4 aliphatic carbocycles. The second kappa shape index (κ2) is 7.25. The lowest BCUT2D eigenvalue weighted by Gasteiger charge is -2.55. The van der Waals surface area contributed by atoms with E-state index in [0.717, 1.165) is 42.6 Å². The summed E-state index contributed by atoms with van der Waals surface area (Å²) < 4.78 is 0. The van der Waals surface area contributed by atoms with Crippen LogP contribution >= 0.6 is 0 Å². The molecule has 0 aromatic carbocycles. The molecule has 146 valence electrons. The molecule has 1 aromatic rings. The van der Waals surface area contributed by atoms with Crippen LogP contribution < -0.4 is 10.6 Å². The van der Waals surface area contributed by atoms with Gasteiger partial charge in [-0.25, -0.2) is 0 Å². The van der Waals surface area contributed by atoms with Crippen LogP contribution in [0.4, 0.5) is 0 Å². The molecule has 4 aliphatic rings. The fourth-order valence-electron chi connectivity index (χ4n) is 6.02. The molecule has 4 saturated carbocycles. The number of hydrogen-bond acceptors (Lipinski definition) is 3. The molecule has 5 rings (SSSR count). The lowest BCUT2D eigenvalue weighted by molar-refractivity contribution is -0.149. The van der Waals surface area contributed by atoms with Crippen molar-refractivity contribution in [2.75, 3.05) is 0 Å². The first-order valence-electron chi connectivity index (χ1n) is 10.4. The fraction of sp³-hybridized carbons (Fsp3) is 0.682. The van der Waals surface area contributed by atoms with Crippen LogP contribution in [0.25, 0.3) is 0 Å². The van der Waals surface area contributed by atoms with Gasteiger partial charge in [0.25, 0.3) is 0 Å². The van der Waals surface area contributed by atoms with Gasteiger partial charge in [-0.3, -0.25) is 14.6 Å². The van der Waals surface area contributed by atoms with Crippen molar-refractivity contribution in [2.24, 2.45) is 29.1 Å². The largest absolute Gasteiger partial charge is 0.350 e. The summed E-state index contributed by atoms with van der Waals surface area (Å²) in [4.78, 5) is 30.1. The molecule has 27 heavy (non-hydrogen) atoms. The van der Waals surface area contributed by atoms with Gasteiger partial charge in [-0.05, 0) is 73.8 Å². The Kier molecular flexibility index (Phi) is 4.95. The average molecular weight is 370 g/mol. The number of carbonyl (C=O) groups excluding carboxylic acids is 2. The molecule has 0 aliphatic heterocycles. The van der Waals surface area contributed by atoms with E-state index in [1.165, 1.54) is 19.3 Å². The van der Waals surface area contributed by atoms with Crippen molar-refractivity contribution >= 4 is 11.8 Å². The monoisotopic (exact) mass is 369 g/mol. The number of amides is 2. The smallest absolute Gasteiger partial charge is 0.243 e. The molecular formula is C22H31N3O2. The van der Waals surface area contributed by atoms with Gasteiger partial charge in [-0.15, -0.1) is 0 Å². The molecule has 0 unspecified atom stereocenters. The van der Waals surface area contributed by atoms with E-state index in [2.05, 4.69) is 15.6 Å². The molecule has 4 fully saturated rings. The molecule has 0 radical (unpaired) electrons. The van der Waals surface area contributed by atoms with Gasteiger partial charge in [0.05, 0.1) is 0 Å². The average Bonchev–Trinajstić information content (AvgIpc) is 2.63. The minimum atomic E-state index is -0.484. The van der Waals surface area contributed by atoms with E-state index in [9.17, 15) is 9.59 Å². The molecule has 5 heteroatoms. The van der Waals surface area contributed by atoms with Gasteiger partial charge in [-0.2, -0.15) is 0 Å². The summed E-state index contributed by atoms with van der Waals surface area (Å²) in [6.45, 7) is 4.42. The Bertz CT molecular complexity index is 665. The zero-order valence-corrected chi connectivity index (χ0v) is 16.4. The van der Waals surface area contributed by atoms with Gasteiger partial charge in [0, 0.05) is 24.4 Å². The van der Waals surface area contributed by atoms with Crippen molar-refractivity contribution in [1.29, 1.82) is 0 Å². The first-order valence-corrected chi connectivity index (χ1v) is 10.4. The molecule has 1 heterocycles. The standard InChI is InChI=1S/C22H31N3O2/c1-14(2)19(20(26)24-13-15-4-3-5-23-12-15)25-21(27)22-9-16-6-17(10-22)8-18(7-16)11-22/h3-5,12,14,16-19H,6-11,13H2,1-2H3,(H,24,26)(H,25,27)/t16?,17?,18?,19-,22?/m1/s1. The van der Waals surface area contributed by atoms with E-state index in [0.29, 0.717) is 6.54 Å². The zero-order valence-electron chi connectivity index (χ0n) is 16.4. The van der Waals surface area contributed by atoms with Crippen LogP contribution in [0.1, 0.15) is 57.9 Å². The molecule has 1 aromatic heterocycles. The van der Waals surface area contributed by atoms with Gasteiger partial charge < -0.3 is 10.6 Å². The second-order valence-electron chi connectivity index (χ2n) is 9.47. The van der Waals surface area contributed by atoms with E-state index >= 15 is 0 Å². The molecular weight excluding hydrogens is 338 g/mol. The van der Waals surface area contributed by atoms with Gasteiger partial charge in [0.15, 0.2) is 0 Å². The van der Waals surface area contributed by atoms with Crippen molar-refractivity contribution < 1.29 is 9.59 Å². The predicted molar refractivity (Wildman–Crippen MR) is 103 cm³/mol. The van der Waals surface area contributed by atoms with Crippen LogP contribution in [-0.2, 0) is 16.1 Å². The summed E-state index contributed by atoms with van der Waals surface area (Å²) in [5, 5.41) is 6.11. The van der Waals surface area contributed by atoms with Crippen LogP contribution in [0.5, 0.6) is 0 Å². The minimum Gasteiger partial charge on any atom is -0.350 e. The van der Waals surface area contributed by atoms with Gasteiger partial charge in [0.1, 0.15) is 6.04 Å².